The SMILES string of the molecule is COCCO[C@]1(c2nnc[nH]2)CC[C@H](c2nc3c(-c4ccc(-c5ccccc5)nc4)cnn3c(N)c2S(C)(=O)=O)CC1. The van der Waals surface area contributed by atoms with Crippen molar-refractivity contribution in [3.05, 3.63) is 72.7 Å². The van der Waals surface area contributed by atoms with E-state index in [0.717, 1.165) is 23.1 Å². The van der Waals surface area contributed by atoms with E-state index in [1.807, 2.05) is 42.5 Å². The second-order valence-corrected chi connectivity index (χ2v) is 12.5. The van der Waals surface area contributed by atoms with Crippen LogP contribution in [0.3, 0.4) is 0 Å². The number of hydrogen-bond donors (Lipinski definition) is 2. The van der Waals surface area contributed by atoms with Crippen LogP contribution in [0.2, 0.25) is 0 Å². The number of sulfone groups is 1. The van der Waals surface area contributed by atoms with Gasteiger partial charge in [-0.1, -0.05) is 36.4 Å². The molecule has 1 saturated carbocycles. The Bertz CT molecular complexity index is 1780. The van der Waals surface area contributed by atoms with E-state index in [-0.39, 0.29) is 16.6 Å². The summed E-state index contributed by atoms with van der Waals surface area (Å²) in [4.78, 5) is 12.7. The van der Waals surface area contributed by atoms with Crippen LogP contribution in [0, 0.1) is 0 Å². The highest BCUT2D eigenvalue weighted by Gasteiger charge is 2.42. The fourth-order valence-electron chi connectivity index (χ4n) is 5.77. The molecule has 0 amide bonds. The smallest absolute Gasteiger partial charge is 0.180 e. The van der Waals surface area contributed by atoms with Crippen molar-refractivity contribution in [3.63, 3.8) is 0 Å². The average molecular weight is 589 g/mol. The fourth-order valence-corrected chi connectivity index (χ4v) is 6.83. The Kier molecular flexibility index (Phi) is 7.47. The molecule has 1 fully saturated rings. The summed E-state index contributed by atoms with van der Waals surface area (Å²) >= 11 is 0. The van der Waals surface area contributed by atoms with Gasteiger partial charge in [-0.15, -0.1) is 10.2 Å². The molecule has 6 rings (SSSR count). The van der Waals surface area contributed by atoms with Gasteiger partial charge in [0.25, 0.3) is 0 Å². The number of rotatable bonds is 9. The summed E-state index contributed by atoms with van der Waals surface area (Å²) < 4.78 is 39.0. The molecule has 218 valence electrons. The van der Waals surface area contributed by atoms with E-state index >= 15 is 0 Å². The van der Waals surface area contributed by atoms with E-state index in [4.69, 9.17) is 20.2 Å². The van der Waals surface area contributed by atoms with E-state index in [9.17, 15) is 8.42 Å². The Hall–Kier alpha value is -4.20. The molecule has 0 aliphatic heterocycles. The molecule has 4 heterocycles. The molecule has 1 aliphatic rings. The molecule has 1 aromatic carbocycles. The van der Waals surface area contributed by atoms with E-state index in [1.165, 1.54) is 10.8 Å². The standard InChI is InChI=1S/C29H32N8O4S/c1-40-14-15-41-29(28-32-18-33-36-28)12-10-20(11-13-29)24-25(42(2,38)39)26(30)37-27(35-24)22(17-34-37)21-8-9-23(31-16-21)19-6-4-3-5-7-19/h3-9,16-18,20H,10-15,30H2,1-2H3,(H,32,33,36)/t20-,29+. The Labute approximate surface area is 243 Å². The van der Waals surface area contributed by atoms with Gasteiger partial charge in [0.05, 0.1) is 30.8 Å². The van der Waals surface area contributed by atoms with Crippen LogP contribution in [-0.2, 0) is 24.9 Å². The lowest BCUT2D eigenvalue weighted by Crippen LogP contribution is -2.37. The molecular weight excluding hydrogens is 556 g/mol. The molecule has 0 atom stereocenters. The minimum Gasteiger partial charge on any atom is -0.382 e. The van der Waals surface area contributed by atoms with Gasteiger partial charge in [-0.25, -0.2) is 13.4 Å². The van der Waals surface area contributed by atoms with Crippen molar-refractivity contribution in [2.75, 3.05) is 32.3 Å². The van der Waals surface area contributed by atoms with Crippen LogP contribution >= 0.6 is 0 Å². The third-order valence-corrected chi connectivity index (χ3v) is 9.03. The number of anilines is 1. The van der Waals surface area contributed by atoms with Gasteiger partial charge >= 0.3 is 0 Å². The first-order chi connectivity index (χ1) is 20.3. The van der Waals surface area contributed by atoms with Gasteiger partial charge in [-0.05, 0) is 31.7 Å². The number of hydrogen-bond acceptors (Lipinski definition) is 10. The Morgan fingerprint density at radius 3 is 2.50 bits per heavy atom. The molecule has 0 saturated heterocycles. The third-order valence-electron chi connectivity index (χ3n) is 7.87. The van der Waals surface area contributed by atoms with Gasteiger partial charge in [0.1, 0.15) is 22.6 Å². The second-order valence-electron chi connectivity index (χ2n) is 10.5. The van der Waals surface area contributed by atoms with Gasteiger partial charge in [0.15, 0.2) is 21.3 Å². The number of nitrogen functional groups attached to an aromatic ring is 1. The zero-order chi connectivity index (χ0) is 29.3. The number of aromatic amines is 1. The maximum atomic E-state index is 13.1. The average Bonchev–Trinajstić information content (AvgIpc) is 3.69. The van der Waals surface area contributed by atoms with Crippen LogP contribution in [0.4, 0.5) is 5.82 Å². The Morgan fingerprint density at radius 1 is 1.07 bits per heavy atom. The number of aromatic nitrogens is 7. The minimum absolute atomic E-state index is 0.0136. The number of pyridine rings is 1. The molecule has 42 heavy (non-hydrogen) atoms. The molecule has 0 spiro atoms. The Morgan fingerprint density at radius 2 is 1.86 bits per heavy atom. The lowest BCUT2D eigenvalue weighted by atomic mass is 9.76. The highest BCUT2D eigenvalue weighted by atomic mass is 32.2. The summed E-state index contributed by atoms with van der Waals surface area (Å²) in [7, 11) is -2.10. The van der Waals surface area contributed by atoms with Crippen LogP contribution in [0.15, 0.2) is 66.1 Å². The van der Waals surface area contributed by atoms with Crippen molar-refractivity contribution in [1.82, 2.24) is 34.8 Å². The molecular formula is C29H32N8O4S. The van der Waals surface area contributed by atoms with E-state index < -0.39 is 15.4 Å². The molecule has 0 unspecified atom stereocenters. The molecule has 5 aromatic rings. The minimum atomic E-state index is -3.72. The van der Waals surface area contributed by atoms with Crippen molar-refractivity contribution >= 4 is 21.3 Å². The zero-order valence-electron chi connectivity index (χ0n) is 23.4. The molecule has 0 bridgehead atoms. The van der Waals surface area contributed by atoms with Crippen molar-refractivity contribution in [1.29, 1.82) is 0 Å². The molecule has 13 heteroatoms. The number of ether oxygens (including phenoxy) is 2. The van der Waals surface area contributed by atoms with Gasteiger partial charge in [0.2, 0.25) is 0 Å². The van der Waals surface area contributed by atoms with Crippen LogP contribution in [0.1, 0.15) is 43.1 Å². The molecule has 12 nitrogen and oxygen atoms in total. The molecule has 3 N–H and O–H groups in total. The normalized spacial score (nSPS) is 19.3. The lowest BCUT2D eigenvalue weighted by molar-refractivity contribution is -0.0977. The molecule has 4 aromatic heterocycles. The van der Waals surface area contributed by atoms with Gasteiger partial charge in [-0.3, -0.25) is 4.98 Å². The summed E-state index contributed by atoms with van der Waals surface area (Å²) in [6.07, 6.45) is 8.49. The van der Waals surface area contributed by atoms with Crippen molar-refractivity contribution < 1.29 is 17.9 Å². The summed E-state index contributed by atoms with van der Waals surface area (Å²) in [5, 5.41) is 12.6. The van der Waals surface area contributed by atoms with Crippen LogP contribution in [-0.4, -0.2) is 69.8 Å². The zero-order valence-corrected chi connectivity index (χ0v) is 24.2. The van der Waals surface area contributed by atoms with E-state index in [1.54, 1.807) is 19.5 Å². The Balaban J connectivity index is 1.37. The largest absolute Gasteiger partial charge is 0.382 e. The number of fused-ring (bicyclic) bond motifs is 1. The molecule has 0 radical (unpaired) electrons. The predicted molar refractivity (Wildman–Crippen MR) is 156 cm³/mol. The van der Waals surface area contributed by atoms with Crippen molar-refractivity contribution in [3.8, 4) is 22.4 Å². The van der Waals surface area contributed by atoms with E-state index in [2.05, 4.69) is 25.3 Å². The summed E-state index contributed by atoms with van der Waals surface area (Å²) in [6, 6.07) is 13.8. The first-order valence-electron chi connectivity index (χ1n) is 13.7. The topological polar surface area (TPSA) is 163 Å². The second kappa shape index (κ2) is 11.2. The van der Waals surface area contributed by atoms with Crippen LogP contribution in [0.5, 0.6) is 0 Å². The maximum Gasteiger partial charge on any atom is 0.180 e. The number of benzene rings is 1. The molecule has 1 aliphatic carbocycles. The number of nitrogens with two attached hydrogens (primary N) is 1. The first kappa shape index (κ1) is 27.9. The summed E-state index contributed by atoms with van der Waals surface area (Å²) in [5.41, 5.74) is 10.1. The highest BCUT2D eigenvalue weighted by Crippen LogP contribution is 2.46. The predicted octanol–water partition coefficient (Wildman–Crippen LogP) is 3.78. The van der Waals surface area contributed by atoms with Gasteiger partial charge < -0.3 is 20.2 Å². The maximum absolute atomic E-state index is 13.1. The number of nitrogens with one attached hydrogen (secondary N) is 1. The first-order valence-corrected chi connectivity index (χ1v) is 15.6. The van der Waals surface area contributed by atoms with E-state index in [0.29, 0.717) is 61.6 Å². The number of methoxy groups -OCH3 is 1. The monoisotopic (exact) mass is 588 g/mol. The van der Waals surface area contributed by atoms with Crippen molar-refractivity contribution in [2.45, 2.75) is 42.1 Å². The third kappa shape index (κ3) is 5.14. The highest BCUT2D eigenvalue weighted by molar-refractivity contribution is 7.91. The van der Waals surface area contributed by atoms with Crippen LogP contribution in [0.25, 0.3) is 28.0 Å². The fraction of sp³-hybridized carbons (Fsp3) is 0.345. The summed E-state index contributed by atoms with van der Waals surface area (Å²) in [5.74, 6) is 0.513. The van der Waals surface area contributed by atoms with Crippen LogP contribution < -0.4 is 5.73 Å². The van der Waals surface area contributed by atoms with Crippen molar-refractivity contribution in [2.24, 2.45) is 0 Å². The number of H-pyrrole nitrogens is 1. The van der Waals surface area contributed by atoms with Gasteiger partial charge in [-0.2, -0.15) is 9.61 Å². The lowest BCUT2D eigenvalue weighted by Gasteiger charge is -2.38. The number of nitrogens with zero attached hydrogens (tertiary/aromatic N) is 6. The quantitative estimate of drug-likeness (QED) is 0.242. The van der Waals surface area contributed by atoms with Gasteiger partial charge in [0, 0.05) is 42.2 Å². The summed E-state index contributed by atoms with van der Waals surface area (Å²) in [6.45, 7) is 0.835.